The number of anilines is 2. The number of para-hydroxylation sites is 1. The van der Waals surface area contributed by atoms with Crippen LogP contribution >= 0.6 is 0 Å². The van der Waals surface area contributed by atoms with E-state index in [0.29, 0.717) is 5.56 Å². The summed E-state index contributed by atoms with van der Waals surface area (Å²) in [5.74, 6) is -0.307. The van der Waals surface area contributed by atoms with E-state index in [9.17, 15) is 4.79 Å². The van der Waals surface area contributed by atoms with Crippen LogP contribution in [-0.2, 0) is 4.74 Å². The molecule has 2 rings (SSSR count). The van der Waals surface area contributed by atoms with Gasteiger partial charge in [0.15, 0.2) is 0 Å². The van der Waals surface area contributed by atoms with Crippen molar-refractivity contribution in [3.8, 4) is 0 Å². The Morgan fingerprint density at radius 2 is 1.67 bits per heavy atom. The Morgan fingerprint density at radius 1 is 1.00 bits per heavy atom. The minimum Gasteiger partial charge on any atom is -0.459 e. The zero-order chi connectivity index (χ0) is 15.4. The number of carbonyl (C=O) groups excluding carboxylic acids is 1. The SMILES string of the molecule is Cc1cccc(Nc2ccccc2C(=O)OC(C)C)c1C. The lowest BCUT2D eigenvalue weighted by Crippen LogP contribution is -2.13. The van der Waals surface area contributed by atoms with Crippen LogP contribution in [0.4, 0.5) is 11.4 Å². The quantitative estimate of drug-likeness (QED) is 0.832. The molecule has 0 heterocycles. The molecular weight excluding hydrogens is 262 g/mol. The number of ether oxygens (including phenoxy) is 1. The van der Waals surface area contributed by atoms with Crippen LogP contribution in [0.1, 0.15) is 35.3 Å². The van der Waals surface area contributed by atoms with Crippen LogP contribution in [0.5, 0.6) is 0 Å². The van der Waals surface area contributed by atoms with Crippen LogP contribution in [0.25, 0.3) is 0 Å². The average Bonchev–Trinajstić information content (AvgIpc) is 2.43. The number of benzene rings is 2. The molecule has 0 aromatic heterocycles. The topological polar surface area (TPSA) is 38.3 Å². The number of rotatable bonds is 4. The summed E-state index contributed by atoms with van der Waals surface area (Å²) in [5, 5.41) is 3.33. The Morgan fingerprint density at radius 3 is 2.38 bits per heavy atom. The molecule has 2 aromatic rings. The molecule has 0 saturated heterocycles. The molecular formula is C18H21NO2. The third kappa shape index (κ3) is 3.63. The number of nitrogens with one attached hydrogen (secondary N) is 1. The van der Waals surface area contributed by atoms with E-state index in [1.165, 1.54) is 11.1 Å². The van der Waals surface area contributed by atoms with E-state index in [-0.39, 0.29) is 12.1 Å². The molecule has 0 bridgehead atoms. The molecule has 0 saturated carbocycles. The maximum Gasteiger partial charge on any atom is 0.340 e. The molecule has 3 heteroatoms. The molecule has 110 valence electrons. The van der Waals surface area contributed by atoms with E-state index in [1.54, 1.807) is 6.07 Å². The van der Waals surface area contributed by atoms with Crippen molar-refractivity contribution in [2.45, 2.75) is 33.8 Å². The summed E-state index contributed by atoms with van der Waals surface area (Å²) >= 11 is 0. The molecule has 0 radical (unpaired) electrons. The Bertz CT molecular complexity index is 647. The Balaban J connectivity index is 2.32. The second kappa shape index (κ2) is 6.44. The fraction of sp³-hybridized carbons (Fsp3) is 0.278. The fourth-order valence-electron chi connectivity index (χ4n) is 2.08. The zero-order valence-electron chi connectivity index (χ0n) is 12.9. The van der Waals surface area contributed by atoms with Crippen molar-refractivity contribution >= 4 is 17.3 Å². The summed E-state index contributed by atoms with van der Waals surface area (Å²) in [4.78, 5) is 12.2. The summed E-state index contributed by atoms with van der Waals surface area (Å²) in [7, 11) is 0. The first-order valence-electron chi connectivity index (χ1n) is 7.12. The van der Waals surface area contributed by atoms with E-state index >= 15 is 0 Å². The predicted octanol–water partition coefficient (Wildman–Crippen LogP) is 4.61. The van der Waals surface area contributed by atoms with E-state index in [2.05, 4.69) is 25.2 Å². The Labute approximate surface area is 126 Å². The summed E-state index contributed by atoms with van der Waals surface area (Å²) in [5.41, 5.74) is 4.69. The van der Waals surface area contributed by atoms with Crippen LogP contribution < -0.4 is 5.32 Å². The van der Waals surface area contributed by atoms with E-state index < -0.39 is 0 Å². The van der Waals surface area contributed by atoms with E-state index in [4.69, 9.17) is 4.74 Å². The van der Waals surface area contributed by atoms with Crippen LogP contribution in [-0.4, -0.2) is 12.1 Å². The highest BCUT2D eigenvalue weighted by Crippen LogP contribution is 2.25. The third-order valence-corrected chi connectivity index (χ3v) is 3.36. The smallest absolute Gasteiger partial charge is 0.340 e. The molecule has 2 aromatic carbocycles. The highest BCUT2D eigenvalue weighted by molar-refractivity contribution is 5.96. The van der Waals surface area contributed by atoms with Gasteiger partial charge in [0.25, 0.3) is 0 Å². The molecule has 21 heavy (non-hydrogen) atoms. The molecule has 0 aliphatic rings. The third-order valence-electron chi connectivity index (χ3n) is 3.36. The summed E-state index contributed by atoms with van der Waals surface area (Å²) in [6, 6.07) is 13.5. The van der Waals surface area contributed by atoms with Crippen molar-refractivity contribution in [3.05, 3.63) is 59.2 Å². The predicted molar refractivity (Wildman–Crippen MR) is 86.2 cm³/mol. The van der Waals surface area contributed by atoms with Gasteiger partial charge in [0.05, 0.1) is 17.4 Å². The van der Waals surface area contributed by atoms with Gasteiger partial charge < -0.3 is 10.1 Å². The number of hydrogen-bond donors (Lipinski definition) is 1. The molecule has 0 amide bonds. The van der Waals surface area contributed by atoms with Crippen molar-refractivity contribution in [1.82, 2.24) is 0 Å². The normalized spacial score (nSPS) is 10.5. The van der Waals surface area contributed by atoms with Crippen LogP contribution in [0.2, 0.25) is 0 Å². The summed E-state index contributed by atoms with van der Waals surface area (Å²) in [6.45, 7) is 7.82. The summed E-state index contributed by atoms with van der Waals surface area (Å²) in [6.07, 6.45) is -0.133. The van der Waals surface area contributed by atoms with Gasteiger partial charge in [-0.2, -0.15) is 0 Å². The first-order chi connectivity index (χ1) is 9.99. The van der Waals surface area contributed by atoms with Crippen molar-refractivity contribution in [2.75, 3.05) is 5.32 Å². The van der Waals surface area contributed by atoms with Gasteiger partial charge in [0, 0.05) is 5.69 Å². The molecule has 0 fully saturated rings. The number of aryl methyl sites for hydroxylation is 1. The number of esters is 1. The lowest BCUT2D eigenvalue weighted by atomic mass is 10.1. The van der Waals surface area contributed by atoms with Gasteiger partial charge in [-0.15, -0.1) is 0 Å². The first kappa shape index (κ1) is 15.1. The standard InChI is InChI=1S/C18H21NO2/c1-12(2)21-18(20)15-9-5-6-10-17(15)19-16-11-7-8-13(3)14(16)4/h5-12,19H,1-4H3. The van der Waals surface area contributed by atoms with Crippen molar-refractivity contribution < 1.29 is 9.53 Å². The fourth-order valence-corrected chi connectivity index (χ4v) is 2.08. The van der Waals surface area contributed by atoms with Crippen molar-refractivity contribution in [3.63, 3.8) is 0 Å². The highest BCUT2D eigenvalue weighted by atomic mass is 16.5. The molecule has 1 N–H and O–H groups in total. The van der Waals surface area contributed by atoms with E-state index in [0.717, 1.165) is 11.4 Å². The maximum atomic E-state index is 12.2. The van der Waals surface area contributed by atoms with Crippen LogP contribution in [0.15, 0.2) is 42.5 Å². The zero-order valence-corrected chi connectivity index (χ0v) is 12.9. The second-order valence-electron chi connectivity index (χ2n) is 5.37. The lowest BCUT2D eigenvalue weighted by molar-refractivity contribution is 0.0379. The minimum atomic E-state index is -0.307. The van der Waals surface area contributed by atoms with Crippen molar-refractivity contribution in [2.24, 2.45) is 0 Å². The first-order valence-corrected chi connectivity index (χ1v) is 7.12. The highest BCUT2D eigenvalue weighted by Gasteiger charge is 2.14. The van der Waals surface area contributed by atoms with Gasteiger partial charge >= 0.3 is 5.97 Å². The molecule has 0 atom stereocenters. The molecule has 0 unspecified atom stereocenters. The van der Waals surface area contributed by atoms with E-state index in [1.807, 2.05) is 44.2 Å². The molecule has 3 nitrogen and oxygen atoms in total. The van der Waals surface area contributed by atoms with Crippen LogP contribution in [0, 0.1) is 13.8 Å². The van der Waals surface area contributed by atoms with Gasteiger partial charge in [-0.1, -0.05) is 24.3 Å². The number of carbonyl (C=O) groups is 1. The monoisotopic (exact) mass is 283 g/mol. The van der Waals surface area contributed by atoms with Gasteiger partial charge in [0.2, 0.25) is 0 Å². The van der Waals surface area contributed by atoms with Gasteiger partial charge in [-0.25, -0.2) is 4.79 Å². The lowest BCUT2D eigenvalue weighted by Gasteiger charge is -2.15. The minimum absolute atomic E-state index is 0.133. The molecule has 0 aliphatic heterocycles. The van der Waals surface area contributed by atoms with Gasteiger partial charge in [-0.3, -0.25) is 0 Å². The molecule has 0 spiro atoms. The molecule has 0 aliphatic carbocycles. The maximum absolute atomic E-state index is 12.2. The Kier molecular flexibility index (Phi) is 4.63. The number of hydrogen-bond acceptors (Lipinski definition) is 3. The summed E-state index contributed by atoms with van der Waals surface area (Å²) < 4.78 is 5.29. The second-order valence-corrected chi connectivity index (χ2v) is 5.37. The van der Waals surface area contributed by atoms with Gasteiger partial charge in [-0.05, 0) is 57.0 Å². The Hall–Kier alpha value is -2.29. The van der Waals surface area contributed by atoms with Gasteiger partial charge in [0.1, 0.15) is 0 Å². The largest absolute Gasteiger partial charge is 0.459 e. The average molecular weight is 283 g/mol. The van der Waals surface area contributed by atoms with Crippen molar-refractivity contribution in [1.29, 1.82) is 0 Å². The van der Waals surface area contributed by atoms with Crippen LogP contribution in [0.3, 0.4) is 0 Å².